The van der Waals surface area contributed by atoms with Crippen molar-refractivity contribution >= 4 is 11.6 Å². The Balaban J connectivity index is 3.02. The van der Waals surface area contributed by atoms with Crippen molar-refractivity contribution in [1.82, 2.24) is 4.90 Å². The van der Waals surface area contributed by atoms with Crippen LogP contribution in [0.5, 0.6) is 0 Å². The number of aliphatic hydroxyl groups is 1. The molecule has 0 spiro atoms. The van der Waals surface area contributed by atoms with Crippen LogP contribution < -0.4 is 5.73 Å². The standard InChI is InChI=1S/C13H19ClF2N2O/c1-9(17)13(10-3-2-4-11(14)7-10)18(5-6-19)8-12(15)16/h2-4,7,9,12-13,19H,5-6,8,17H2,1H3. The van der Waals surface area contributed by atoms with Crippen LogP contribution >= 0.6 is 11.6 Å². The fourth-order valence-corrected chi connectivity index (χ4v) is 2.39. The van der Waals surface area contributed by atoms with Gasteiger partial charge in [0.1, 0.15) is 0 Å². The highest BCUT2D eigenvalue weighted by Gasteiger charge is 2.26. The molecule has 0 saturated carbocycles. The molecular formula is C13H19ClF2N2O. The Bertz CT molecular complexity index is 391. The van der Waals surface area contributed by atoms with Crippen molar-refractivity contribution in [3.05, 3.63) is 34.9 Å². The average molecular weight is 293 g/mol. The fraction of sp³-hybridized carbons (Fsp3) is 0.538. The highest BCUT2D eigenvalue weighted by molar-refractivity contribution is 6.30. The van der Waals surface area contributed by atoms with Crippen molar-refractivity contribution in [1.29, 1.82) is 0 Å². The summed E-state index contributed by atoms with van der Waals surface area (Å²) in [5.74, 6) is 0. The minimum absolute atomic E-state index is 0.142. The van der Waals surface area contributed by atoms with Crippen LogP contribution in [-0.2, 0) is 0 Å². The molecule has 0 saturated heterocycles. The molecule has 0 aliphatic carbocycles. The summed E-state index contributed by atoms with van der Waals surface area (Å²) in [6.45, 7) is 1.26. The first kappa shape index (κ1) is 16.3. The van der Waals surface area contributed by atoms with Gasteiger partial charge in [-0.05, 0) is 24.6 Å². The van der Waals surface area contributed by atoms with Crippen molar-refractivity contribution in [2.75, 3.05) is 19.7 Å². The highest BCUT2D eigenvalue weighted by atomic mass is 35.5. The third-order valence-electron chi connectivity index (χ3n) is 2.84. The third kappa shape index (κ3) is 5.03. The Morgan fingerprint density at radius 1 is 1.42 bits per heavy atom. The van der Waals surface area contributed by atoms with E-state index in [0.29, 0.717) is 5.02 Å². The second kappa shape index (κ2) is 7.75. The Labute approximate surface area is 117 Å². The number of benzene rings is 1. The molecule has 3 N–H and O–H groups in total. The maximum atomic E-state index is 12.6. The van der Waals surface area contributed by atoms with Crippen molar-refractivity contribution in [3.8, 4) is 0 Å². The number of alkyl halides is 2. The lowest BCUT2D eigenvalue weighted by molar-refractivity contribution is 0.0487. The van der Waals surface area contributed by atoms with Gasteiger partial charge in [0.2, 0.25) is 0 Å². The van der Waals surface area contributed by atoms with Crippen LogP contribution in [0, 0.1) is 0 Å². The quantitative estimate of drug-likeness (QED) is 0.811. The fourth-order valence-electron chi connectivity index (χ4n) is 2.19. The molecule has 0 heterocycles. The zero-order valence-electron chi connectivity index (χ0n) is 10.8. The second-order valence-corrected chi connectivity index (χ2v) is 4.91. The van der Waals surface area contributed by atoms with Gasteiger partial charge in [0.05, 0.1) is 13.2 Å². The van der Waals surface area contributed by atoms with Gasteiger partial charge in [-0.1, -0.05) is 23.7 Å². The van der Waals surface area contributed by atoms with Gasteiger partial charge >= 0.3 is 0 Å². The Hall–Kier alpha value is -0.750. The molecule has 0 fully saturated rings. The molecular weight excluding hydrogens is 274 g/mol. The molecule has 2 atom stereocenters. The van der Waals surface area contributed by atoms with Crippen molar-refractivity contribution in [2.24, 2.45) is 5.73 Å². The van der Waals surface area contributed by atoms with Crippen LogP contribution in [0.3, 0.4) is 0 Å². The zero-order chi connectivity index (χ0) is 14.4. The minimum Gasteiger partial charge on any atom is -0.395 e. The van der Waals surface area contributed by atoms with Gasteiger partial charge in [-0.2, -0.15) is 0 Å². The van der Waals surface area contributed by atoms with Crippen LogP contribution in [0.25, 0.3) is 0 Å². The molecule has 2 unspecified atom stereocenters. The highest BCUT2D eigenvalue weighted by Crippen LogP contribution is 2.26. The lowest BCUT2D eigenvalue weighted by atomic mass is 9.99. The molecule has 1 aromatic rings. The van der Waals surface area contributed by atoms with Crippen LogP contribution in [0.4, 0.5) is 8.78 Å². The Kier molecular flexibility index (Phi) is 6.65. The van der Waals surface area contributed by atoms with Gasteiger partial charge in [0, 0.05) is 23.7 Å². The normalized spacial score (nSPS) is 14.9. The van der Waals surface area contributed by atoms with Gasteiger partial charge in [0.15, 0.2) is 0 Å². The summed E-state index contributed by atoms with van der Waals surface area (Å²) in [7, 11) is 0. The number of halogens is 3. The van der Waals surface area contributed by atoms with E-state index >= 15 is 0 Å². The molecule has 3 nitrogen and oxygen atoms in total. The number of aliphatic hydroxyl groups excluding tert-OH is 1. The van der Waals surface area contributed by atoms with Crippen molar-refractivity contribution in [2.45, 2.75) is 25.4 Å². The van der Waals surface area contributed by atoms with E-state index in [1.54, 1.807) is 31.2 Å². The molecule has 0 aliphatic rings. The molecule has 0 aromatic heterocycles. The van der Waals surface area contributed by atoms with Gasteiger partial charge < -0.3 is 10.8 Å². The molecule has 6 heteroatoms. The topological polar surface area (TPSA) is 49.5 Å². The summed E-state index contributed by atoms with van der Waals surface area (Å²) in [6, 6.07) is 6.23. The van der Waals surface area contributed by atoms with Crippen molar-refractivity contribution < 1.29 is 13.9 Å². The number of hydrogen-bond acceptors (Lipinski definition) is 3. The van der Waals surface area contributed by atoms with Crippen molar-refractivity contribution in [3.63, 3.8) is 0 Å². The lowest BCUT2D eigenvalue weighted by Gasteiger charge is -2.34. The SMILES string of the molecule is CC(N)C(c1cccc(Cl)c1)N(CCO)CC(F)F. The number of rotatable bonds is 7. The van der Waals surface area contributed by atoms with Crippen LogP contribution in [0.2, 0.25) is 5.02 Å². The maximum absolute atomic E-state index is 12.6. The van der Waals surface area contributed by atoms with E-state index < -0.39 is 19.0 Å². The number of hydrogen-bond donors (Lipinski definition) is 2. The van der Waals surface area contributed by atoms with Gasteiger partial charge in [-0.25, -0.2) is 8.78 Å². The summed E-state index contributed by atoms with van der Waals surface area (Å²) in [5, 5.41) is 9.56. The first-order valence-corrected chi connectivity index (χ1v) is 6.47. The molecule has 19 heavy (non-hydrogen) atoms. The van der Waals surface area contributed by atoms with Gasteiger partial charge in [-0.15, -0.1) is 0 Å². The van der Waals surface area contributed by atoms with E-state index in [4.69, 9.17) is 22.4 Å². The third-order valence-corrected chi connectivity index (χ3v) is 3.08. The molecule has 1 rings (SSSR count). The number of nitrogens with two attached hydrogens (primary N) is 1. The van der Waals surface area contributed by atoms with Crippen LogP contribution in [-0.4, -0.2) is 42.2 Å². The molecule has 0 aliphatic heterocycles. The smallest absolute Gasteiger partial charge is 0.251 e. The van der Waals surface area contributed by atoms with E-state index in [-0.39, 0.29) is 19.2 Å². The molecule has 1 aromatic carbocycles. The largest absolute Gasteiger partial charge is 0.395 e. The average Bonchev–Trinajstić information content (AvgIpc) is 2.28. The first-order valence-electron chi connectivity index (χ1n) is 6.09. The Morgan fingerprint density at radius 2 is 2.11 bits per heavy atom. The van der Waals surface area contributed by atoms with Crippen LogP contribution in [0.15, 0.2) is 24.3 Å². The molecule has 0 amide bonds. The summed E-state index contributed by atoms with van der Waals surface area (Å²) < 4.78 is 25.3. The monoisotopic (exact) mass is 292 g/mol. The van der Waals surface area contributed by atoms with E-state index in [1.807, 2.05) is 0 Å². The van der Waals surface area contributed by atoms with Gasteiger partial charge in [0.25, 0.3) is 6.43 Å². The minimum atomic E-state index is -2.48. The molecule has 0 bridgehead atoms. The van der Waals surface area contributed by atoms with E-state index in [9.17, 15) is 8.78 Å². The summed E-state index contributed by atoms with van der Waals surface area (Å²) in [4.78, 5) is 1.49. The first-order chi connectivity index (χ1) is 8.95. The summed E-state index contributed by atoms with van der Waals surface area (Å²) in [6.07, 6.45) is -2.48. The van der Waals surface area contributed by atoms with E-state index in [1.165, 1.54) is 4.90 Å². The zero-order valence-corrected chi connectivity index (χ0v) is 11.5. The predicted molar refractivity (Wildman–Crippen MR) is 72.5 cm³/mol. The van der Waals surface area contributed by atoms with Crippen LogP contribution in [0.1, 0.15) is 18.5 Å². The molecule has 108 valence electrons. The summed E-state index contributed by atoms with van der Waals surface area (Å²) >= 11 is 5.92. The molecule has 0 radical (unpaired) electrons. The second-order valence-electron chi connectivity index (χ2n) is 4.47. The summed E-state index contributed by atoms with van der Waals surface area (Å²) in [5.41, 5.74) is 6.69. The Morgan fingerprint density at radius 3 is 2.58 bits per heavy atom. The van der Waals surface area contributed by atoms with Gasteiger partial charge in [-0.3, -0.25) is 4.90 Å². The van der Waals surface area contributed by atoms with E-state index in [0.717, 1.165) is 5.56 Å². The lowest BCUT2D eigenvalue weighted by Crippen LogP contribution is -2.43. The number of nitrogens with zero attached hydrogens (tertiary/aromatic N) is 1. The maximum Gasteiger partial charge on any atom is 0.251 e. The van der Waals surface area contributed by atoms with E-state index in [2.05, 4.69) is 0 Å². The predicted octanol–water partition coefficient (Wildman–Crippen LogP) is 2.29.